The molecular formula is C10H19NO3S. The Hall–Kier alpha value is -0.130. The van der Waals surface area contributed by atoms with E-state index in [1.165, 1.54) is 12.8 Å². The Balaban J connectivity index is 1.74. The normalized spacial score (nSPS) is 31.9. The average Bonchev–Trinajstić information content (AvgIpc) is 2.65. The van der Waals surface area contributed by atoms with Crippen molar-refractivity contribution in [1.29, 1.82) is 0 Å². The first-order chi connectivity index (χ1) is 7.16. The zero-order chi connectivity index (χ0) is 10.7. The van der Waals surface area contributed by atoms with Crippen LogP contribution in [0.1, 0.15) is 38.5 Å². The predicted octanol–water partition coefficient (Wildman–Crippen LogP) is 1.03. The van der Waals surface area contributed by atoms with Gasteiger partial charge < -0.3 is 0 Å². The number of rotatable bonds is 3. The minimum Gasteiger partial charge on any atom is -0.298 e. The lowest BCUT2D eigenvalue weighted by Gasteiger charge is -2.24. The molecule has 15 heavy (non-hydrogen) atoms. The van der Waals surface area contributed by atoms with Gasteiger partial charge in [-0.25, -0.2) is 8.42 Å². The van der Waals surface area contributed by atoms with Crippen LogP contribution in [0.5, 0.6) is 0 Å². The quantitative estimate of drug-likeness (QED) is 0.740. The smallest absolute Gasteiger partial charge is 0.151 e. The second-order valence-electron chi connectivity index (χ2n) is 4.60. The Kier molecular flexibility index (Phi) is 3.64. The van der Waals surface area contributed by atoms with E-state index in [1.54, 1.807) is 0 Å². The molecule has 1 unspecified atom stereocenters. The van der Waals surface area contributed by atoms with Crippen molar-refractivity contribution in [2.45, 2.75) is 50.7 Å². The predicted molar refractivity (Wildman–Crippen MR) is 58.2 cm³/mol. The minimum absolute atomic E-state index is 0.00403. The molecule has 1 saturated carbocycles. The molecule has 1 aliphatic carbocycles. The van der Waals surface area contributed by atoms with Crippen LogP contribution in [0.4, 0.5) is 0 Å². The van der Waals surface area contributed by atoms with Gasteiger partial charge in [-0.15, -0.1) is 0 Å². The summed E-state index contributed by atoms with van der Waals surface area (Å²) in [6.45, 7) is 0. The van der Waals surface area contributed by atoms with E-state index in [-0.39, 0.29) is 11.8 Å². The molecule has 1 atom stereocenters. The molecule has 0 spiro atoms. The maximum absolute atomic E-state index is 11.4. The lowest BCUT2D eigenvalue weighted by Crippen LogP contribution is -2.41. The van der Waals surface area contributed by atoms with E-state index in [0.717, 1.165) is 25.7 Å². The molecule has 1 heterocycles. The highest BCUT2D eigenvalue weighted by atomic mass is 32.2. The summed E-state index contributed by atoms with van der Waals surface area (Å²) in [4.78, 5) is 5.52. The molecule has 1 saturated heterocycles. The van der Waals surface area contributed by atoms with Crippen molar-refractivity contribution in [3.8, 4) is 0 Å². The Morgan fingerprint density at radius 3 is 2.47 bits per heavy atom. The fourth-order valence-electron chi connectivity index (χ4n) is 2.31. The monoisotopic (exact) mass is 233 g/mol. The minimum atomic E-state index is -2.82. The number of hydrogen-bond donors (Lipinski definition) is 1. The van der Waals surface area contributed by atoms with Gasteiger partial charge >= 0.3 is 0 Å². The molecule has 88 valence electrons. The van der Waals surface area contributed by atoms with Crippen LogP contribution >= 0.6 is 0 Å². The Bertz CT molecular complexity index is 296. The molecule has 0 amide bonds. The third-order valence-corrected chi connectivity index (χ3v) is 4.99. The van der Waals surface area contributed by atoms with Gasteiger partial charge in [0.25, 0.3) is 0 Å². The molecule has 2 aliphatic rings. The van der Waals surface area contributed by atoms with Crippen molar-refractivity contribution in [3.63, 3.8) is 0 Å². The van der Waals surface area contributed by atoms with E-state index in [4.69, 9.17) is 4.84 Å². The SMILES string of the molecule is O=S1(=O)CCCC(NOC2CCCC2)C1. The van der Waals surface area contributed by atoms with Crippen molar-refractivity contribution >= 4 is 9.84 Å². The molecular weight excluding hydrogens is 214 g/mol. The topological polar surface area (TPSA) is 55.4 Å². The summed E-state index contributed by atoms with van der Waals surface area (Å²) in [6.07, 6.45) is 6.64. The van der Waals surface area contributed by atoms with E-state index >= 15 is 0 Å². The number of nitrogens with one attached hydrogen (secondary N) is 1. The summed E-state index contributed by atoms with van der Waals surface area (Å²) in [7, 11) is -2.82. The van der Waals surface area contributed by atoms with Crippen LogP contribution in [0.15, 0.2) is 0 Å². The maximum Gasteiger partial charge on any atom is 0.151 e. The highest BCUT2D eigenvalue weighted by molar-refractivity contribution is 7.91. The van der Waals surface area contributed by atoms with E-state index in [1.807, 2.05) is 0 Å². The van der Waals surface area contributed by atoms with Crippen molar-refractivity contribution in [3.05, 3.63) is 0 Å². The first-order valence-corrected chi connectivity index (χ1v) is 7.59. The molecule has 0 radical (unpaired) electrons. The van der Waals surface area contributed by atoms with Crippen molar-refractivity contribution in [1.82, 2.24) is 5.48 Å². The molecule has 0 aromatic carbocycles. The number of hydrogen-bond acceptors (Lipinski definition) is 4. The largest absolute Gasteiger partial charge is 0.298 e. The van der Waals surface area contributed by atoms with Crippen molar-refractivity contribution in [2.24, 2.45) is 0 Å². The highest BCUT2D eigenvalue weighted by Gasteiger charge is 2.26. The van der Waals surface area contributed by atoms with E-state index in [2.05, 4.69) is 5.48 Å². The van der Waals surface area contributed by atoms with Gasteiger partial charge in [-0.3, -0.25) is 4.84 Å². The first-order valence-electron chi connectivity index (χ1n) is 5.77. The van der Waals surface area contributed by atoms with E-state index < -0.39 is 9.84 Å². The van der Waals surface area contributed by atoms with Gasteiger partial charge in [0.15, 0.2) is 9.84 Å². The van der Waals surface area contributed by atoms with Gasteiger partial charge in [0, 0.05) is 6.04 Å². The lowest BCUT2D eigenvalue weighted by molar-refractivity contribution is -0.0382. The van der Waals surface area contributed by atoms with Crippen LogP contribution in [0.3, 0.4) is 0 Å². The highest BCUT2D eigenvalue weighted by Crippen LogP contribution is 2.21. The number of hydroxylamine groups is 1. The van der Waals surface area contributed by atoms with Gasteiger partial charge in [0.2, 0.25) is 0 Å². The summed E-state index contributed by atoms with van der Waals surface area (Å²) >= 11 is 0. The van der Waals surface area contributed by atoms with E-state index in [0.29, 0.717) is 11.9 Å². The van der Waals surface area contributed by atoms with Crippen LogP contribution in [0.2, 0.25) is 0 Å². The lowest BCUT2D eigenvalue weighted by atomic mass is 10.2. The second kappa shape index (κ2) is 4.80. The Morgan fingerprint density at radius 2 is 1.80 bits per heavy atom. The molecule has 0 aromatic heterocycles. The van der Waals surface area contributed by atoms with E-state index in [9.17, 15) is 8.42 Å². The summed E-state index contributed by atoms with van der Waals surface area (Å²) in [5, 5.41) is 0. The second-order valence-corrected chi connectivity index (χ2v) is 6.82. The molecule has 2 fully saturated rings. The molecule has 1 N–H and O–H groups in total. The fourth-order valence-corrected chi connectivity index (χ4v) is 3.94. The zero-order valence-corrected chi connectivity index (χ0v) is 9.76. The molecule has 5 heteroatoms. The maximum atomic E-state index is 11.4. The van der Waals surface area contributed by atoms with Gasteiger partial charge in [-0.2, -0.15) is 5.48 Å². The summed E-state index contributed by atoms with van der Waals surface area (Å²) in [5.41, 5.74) is 2.94. The third-order valence-electron chi connectivity index (χ3n) is 3.17. The summed E-state index contributed by atoms with van der Waals surface area (Å²) in [5.74, 6) is 0.578. The Morgan fingerprint density at radius 1 is 1.07 bits per heavy atom. The zero-order valence-electron chi connectivity index (χ0n) is 8.94. The van der Waals surface area contributed by atoms with Gasteiger partial charge in [-0.1, -0.05) is 12.8 Å². The van der Waals surface area contributed by atoms with Crippen LogP contribution < -0.4 is 5.48 Å². The molecule has 2 rings (SSSR count). The van der Waals surface area contributed by atoms with Crippen LogP contribution in [0.25, 0.3) is 0 Å². The molecule has 0 aromatic rings. The molecule has 1 aliphatic heterocycles. The van der Waals surface area contributed by atoms with Crippen LogP contribution in [-0.4, -0.2) is 32.1 Å². The first kappa shape index (κ1) is 11.4. The van der Waals surface area contributed by atoms with Crippen molar-refractivity contribution in [2.75, 3.05) is 11.5 Å². The van der Waals surface area contributed by atoms with Gasteiger partial charge in [-0.05, 0) is 25.7 Å². The molecule has 0 bridgehead atoms. The Labute approximate surface area is 91.3 Å². The third kappa shape index (κ3) is 3.43. The fraction of sp³-hybridized carbons (Fsp3) is 1.00. The van der Waals surface area contributed by atoms with Crippen LogP contribution in [-0.2, 0) is 14.7 Å². The standard InChI is InChI=1S/C10H19NO3S/c12-15(13)7-3-4-9(8-15)11-14-10-5-1-2-6-10/h9-11H,1-8H2. The number of sulfone groups is 1. The van der Waals surface area contributed by atoms with Crippen molar-refractivity contribution < 1.29 is 13.3 Å². The average molecular weight is 233 g/mol. The van der Waals surface area contributed by atoms with Crippen LogP contribution in [0, 0.1) is 0 Å². The van der Waals surface area contributed by atoms with Gasteiger partial charge in [0.05, 0.1) is 17.6 Å². The summed E-state index contributed by atoms with van der Waals surface area (Å²) < 4.78 is 22.7. The summed E-state index contributed by atoms with van der Waals surface area (Å²) in [6, 6.07) is 0.00403. The molecule has 4 nitrogen and oxygen atoms in total. The van der Waals surface area contributed by atoms with Gasteiger partial charge in [0.1, 0.15) is 0 Å².